The van der Waals surface area contributed by atoms with Crippen LogP contribution < -0.4 is 5.32 Å². The maximum Gasteiger partial charge on any atom is 0.219 e. The summed E-state index contributed by atoms with van der Waals surface area (Å²) in [5.41, 5.74) is 0. The quantitative estimate of drug-likeness (QED) is 0.514. The fourth-order valence-corrected chi connectivity index (χ4v) is 1.03. The first kappa shape index (κ1) is 7.54. The van der Waals surface area contributed by atoms with Crippen LogP contribution in [0.2, 0.25) is 0 Å². The Labute approximate surface area is 61.4 Å². The number of carbonyl (C=O) groups excluding carboxylic acids is 1. The van der Waals surface area contributed by atoms with Gasteiger partial charge in [0, 0.05) is 20.0 Å². The van der Waals surface area contributed by atoms with E-state index in [1.165, 1.54) is 0 Å². The highest BCUT2D eigenvalue weighted by atomic mass is 16.2. The van der Waals surface area contributed by atoms with Gasteiger partial charge in [0.25, 0.3) is 0 Å². The van der Waals surface area contributed by atoms with Gasteiger partial charge in [-0.05, 0) is 13.0 Å². The maximum absolute atomic E-state index is 10.8. The zero-order valence-corrected chi connectivity index (χ0v) is 6.26. The van der Waals surface area contributed by atoms with Crippen LogP contribution in [-0.4, -0.2) is 30.4 Å². The summed E-state index contributed by atoms with van der Waals surface area (Å²) in [6.45, 7) is 6.21. The molecule has 1 amide bonds. The Bertz CT molecular complexity index is 117. The zero-order chi connectivity index (χ0) is 7.40. The first-order valence-electron chi connectivity index (χ1n) is 3.62. The van der Waals surface area contributed by atoms with Crippen LogP contribution in [0.1, 0.15) is 13.3 Å². The molecule has 10 heavy (non-hydrogen) atoms. The van der Waals surface area contributed by atoms with Gasteiger partial charge in [-0.2, -0.15) is 0 Å². The van der Waals surface area contributed by atoms with E-state index in [-0.39, 0.29) is 5.91 Å². The summed E-state index contributed by atoms with van der Waals surface area (Å²) in [7, 11) is 0. The molecule has 1 radical (unpaired) electrons. The van der Waals surface area contributed by atoms with Gasteiger partial charge < -0.3 is 10.2 Å². The third kappa shape index (κ3) is 1.99. The van der Waals surface area contributed by atoms with Gasteiger partial charge in [-0.3, -0.25) is 4.79 Å². The summed E-state index contributed by atoms with van der Waals surface area (Å²) in [4.78, 5) is 12.6. The average molecular weight is 141 g/mol. The molecule has 0 atom stereocenters. The molecular weight excluding hydrogens is 128 g/mol. The lowest BCUT2D eigenvalue weighted by Crippen LogP contribution is -2.27. The summed E-state index contributed by atoms with van der Waals surface area (Å²) >= 11 is 0. The van der Waals surface area contributed by atoms with E-state index in [0.717, 1.165) is 26.1 Å². The molecule has 0 aromatic carbocycles. The normalized spacial score (nSPS) is 20.3. The number of amides is 1. The van der Waals surface area contributed by atoms with Gasteiger partial charge in [-0.25, -0.2) is 0 Å². The number of nitrogens with one attached hydrogen (secondary N) is 1. The van der Waals surface area contributed by atoms with Gasteiger partial charge in [0.1, 0.15) is 0 Å². The minimum Gasteiger partial charge on any atom is -0.337 e. The third-order valence-corrected chi connectivity index (χ3v) is 1.61. The second-order valence-electron chi connectivity index (χ2n) is 2.45. The fraction of sp³-hybridized carbons (Fsp3) is 0.714. The highest BCUT2D eigenvalue weighted by Gasteiger charge is 2.10. The Morgan fingerprint density at radius 2 is 2.50 bits per heavy atom. The summed E-state index contributed by atoms with van der Waals surface area (Å²) in [6.07, 6.45) is 1.05. The van der Waals surface area contributed by atoms with E-state index in [0.29, 0.717) is 0 Å². The SMILES string of the molecule is CC(=O)N1[CH]CNCCC1. The monoisotopic (exact) mass is 141 g/mol. The maximum atomic E-state index is 10.8. The Hall–Kier alpha value is -0.570. The Morgan fingerprint density at radius 1 is 1.70 bits per heavy atom. The van der Waals surface area contributed by atoms with Gasteiger partial charge in [-0.15, -0.1) is 0 Å². The number of carbonyl (C=O) groups is 1. The number of rotatable bonds is 0. The predicted molar refractivity (Wildman–Crippen MR) is 39.2 cm³/mol. The Morgan fingerprint density at radius 3 is 3.20 bits per heavy atom. The van der Waals surface area contributed by atoms with Crippen LogP contribution in [0.3, 0.4) is 0 Å². The minimum absolute atomic E-state index is 0.142. The van der Waals surface area contributed by atoms with Crippen molar-refractivity contribution < 1.29 is 4.79 Å². The van der Waals surface area contributed by atoms with E-state index in [2.05, 4.69) is 5.32 Å². The molecule has 3 nitrogen and oxygen atoms in total. The Balaban J connectivity index is 2.35. The van der Waals surface area contributed by atoms with Crippen LogP contribution in [0.25, 0.3) is 0 Å². The smallest absolute Gasteiger partial charge is 0.219 e. The van der Waals surface area contributed by atoms with Crippen molar-refractivity contribution in [1.82, 2.24) is 10.2 Å². The molecule has 0 aliphatic carbocycles. The van der Waals surface area contributed by atoms with Crippen molar-refractivity contribution in [3.8, 4) is 0 Å². The van der Waals surface area contributed by atoms with E-state index in [1.807, 2.05) is 6.54 Å². The van der Waals surface area contributed by atoms with E-state index in [9.17, 15) is 4.79 Å². The van der Waals surface area contributed by atoms with Crippen molar-refractivity contribution in [2.45, 2.75) is 13.3 Å². The second-order valence-corrected chi connectivity index (χ2v) is 2.45. The molecule has 1 heterocycles. The average Bonchev–Trinajstić information content (AvgIpc) is 2.12. The van der Waals surface area contributed by atoms with Crippen molar-refractivity contribution in [1.29, 1.82) is 0 Å². The van der Waals surface area contributed by atoms with Gasteiger partial charge in [0.2, 0.25) is 5.91 Å². The number of hydrogen-bond donors (Lipinski definition) is 1. The van der Waals surface area contributed by atoms with Crippen molar-refractivity contribution in [3.63, 3.8) is 0 Å². The summed E-state index contributed by atoms with van der Waals surface area (Å²) in [6, 6.07) is 0. The van der Waals surface area contributed by atoms with Crippen molar-refractivity contribution >= 4 is 5.91 Å². The molecule has 3 heteroatoms. The van der Waals surface area contributed by atoms with Crippen molar-refractivity contribution in [2.24, 2.45) is 0 Å². The first-order chi connectivity index (χ1) is 4.80. The molecule has 0 aromatic heterocycles. The lowest BCUT2D eigenvalue weighted by Gasteiger charge is -2.15. The number of nitrogens with zero attached hydrogens (tertiary/aromatic N) is 1. The van der Waals surface area contributed by atoms with Crippen LogP contribution in [-0.2, 0) is 4.79 Å². The fourth-order valence-electron chi connectivity index (χ4n) is 1.03. The molecule has 1 aliphatic heterocycles. The topological polar surface area (TPSA) is 32.3 Å². The predicted octanol–water partition coefficient (Wildman–Crippen LogP) is -0.0100. The van der Waals surface area contributed by atoms with Gasteiger partial charge in [0.15, 0.2) is 0 Å². The lowest BCUT2D eigenvalue weighted by atomic mass is 10.4. The molecule has 0 saturated carbocycles. The molecule has 1 N–H and O–H groups in total. The third-order valence-electron chi connectivity index (χ3n) is 1.61. The van der Waals surface area contributed by atoms with Crippen molar-refractivity contribution in [3.05, 3.63) is 6.54 Å². The van der Waals surface area contributed by atoms with Gasteiger partial charge >= 0.3 is 0 Å². The number of hydrogen-bond acceptors (Lipinski definition) is 2. The van der Waals surface area contributed by atoms with Gasteiger partial charge in [0.05, 0.1) is 6.54 Å². The lowest BCUT2D eigenvalue weighted by molar-refractivity contribution is -0.127. The molecule has 0 aromatic rings. The van der Waals surface area contributed by atoms with Crippen LogP contribution in [0.15, 0.2) is 0 Å². The molecule has 1 rings (SSSR count). The van der Waals surface area contributed by atoms with E-state index in [4.69, 9.17) is 0 Å². The Kier molecular flexibility index (Phi) is 2.68. The van der Waals surface area contributed by atoms with Crippen molar-refractivity contribution in [2.75, 3.05) is 19.6 Å². The molecule has 57 valence electrons. The first-order valence-corrected chi connectivity index (χ1v) is 3.62. The minimum atomic E-state index is 0.142. The molecular formula is C7H13N2O. The van der Waals surface area contributed by atoms with Crippen LogP contribution >= 0.6 is 0 Å². The molecule has 0 unspecified atom stereocenters. The molecule has 1 fully saturated rings. The largest absolute Gasteiger partial charge is 0.337 e. The molecule has 0 spiro atoms. The summed E-state index contributed by atoms with van der Waals surface area (Å²) in [5.74, 6) is 0.142. The highest BCUT2D eigenvalue weighted by molar-refractivity contribution is 5.73. The summed E-state index contributed by atoms with van der Waals surface area (Å²) < 4.78 is 0. The summed E-state index contributed by atoms with van der Waals surface area (Å²) in [5, 5.41) is 3.18. The highest BCUT2D eigenvalue weighted by Crippen LogP contribution is 1.98. The molecule has 0 bridgehead atoms. The van der Waals surface area contributed by atoms with E-state index < -0.39 is 0 Å². The van der Waals surface area contributed by atoms with Crippen LogP contribution in [0.4, 0.5) is 0 Å². The van der Waals surface area contributed by atoms with E-state index in [1.54, 1.807) is 11.8 Å². The van der Waals surface area contributed by atoms with Gasteiger partial charge in [-0.1, -0.05) is 0 Å². The second kappa shape index (κ2) is 3.56. The van der Waals surface area contributed by atoms with E-state index >= 15 is 0 Å². The molecule has 1 saturated heterocycles. The standard InChI is InChI=1S/C7H13N2O/c1-7(10)9-5-2-3-8-4-6-9/h6,8H,2-5H2,1H3. The van der Waals surface area contributed by atoms with Crippen LogP contribution in [0, 0.1) is 6.54 Å². The van der Waals surface area contributed by atoms with Crippen LogP contribution in [0.5, 0.6) is 0 Å². The zero-order valence-electron chi connectivity index (χ0n) is 6.26. The molecule has 1 aliphatic rings.